The summed E-state index contributed by atoms with van der Waals surface area (Å²) in [4.78, 5) is 28.5. The van der Waals surface area contributed by atoms with Crippen molar-refractivity contribution >= 4 is 17.5 Å². The topological polar surface area (TPSA) is 73.6 Å². The molecule has 3 rings (SSSR count). The molecule has 126 valence electrons. The molecular formula is C18H21N3O3. The van der Waals surface area contributed by atoms with E-state index in [1.54, 1.807) is 21.9 Å². The number of anilines is 1. The molecule has 0 aromatic heterocycles. The highest BCUT2D eigenvalue weighted by atomic mass is 16.5. The molecule has 6 nitrogen and oxygen atoms in total. The van der Waals surface area contributed by atoms with Crippen LogP contribution in [0.2, 0.25) is 0 Å². The van der Waals surface area contributed by atoms with Crippen molar-refractivity contribution < 1.29 is 14.3 Å². The molecule has 0 N–H and O–H groups in total. The van der Waals surface area contributed by atoms with Gasteiger partial charge in [0.05, 0.1) is 11.6 Å². The zero-order chi connectivity index (χ0) is 17.1. The van der Waals surface area contributed by atoms with Crippen LogP contribution in [0, 0.1) is 11.3 Å². The predicted molar refractivity (Wildman–Crippen MR) is 88.4 cm³/mol. The Morgan fingerprint density at radius 2 is 2.21 bits per heavy atom. The van der Waals surface area contributed by atoms with Gasteiger partial charge in [-0.05, 0) is 43.4 Å². The lowest BCUT2D eigenvalue weighted by Gasteiger charge is -2.26. The van der Waals surface area contributed by atoms with Crippen LogP contribution in [0.25, 0.3) is 0 Å². The van der Waals surface area contributed by atoms with Crippen LogP contribution >= 0.6 is 0 Å². The van der Waals surface area contributed by atoms with Gasteiger partial charge in [-0.1, -0.05) is 6.07 Å². The molecule has 2 amide bonds. The fraction of sp³-hybridized carbons (Fsp3) is 0.500. The van der Waals surface area contributed by atoms with Crippen LogP contribution in [0.4, 0.5) is 5.69 Å². The Hall–Kier alpha value is -2.39. The van der Waals surface area contributed by atoms with Crippen molar-refractivity contribution in [1.82, 2.24) is 4.90 Å². The minimum absolute atomic E-state index is 0.0644. The third kappa shape index (κ3) is 3.00. The smallest absolute Gasteiger partial charge is 0.252 e. The predicted octanol–water partition coefficient (Wildman–Crippen LogP) is 1.47. The Morgan fingerprint density at radius 1 is 1.38 bits per heavy atom. The number of methoxy groups -OCH3 is 1. The Labute approximate surface area is 141 Å². The van der Waals surface area contributed by atoms with Gasteiger partial charge >= 0.3 is 0 Å². The second-order valence-corrected chi connectivity index (χ2v) is 6.19. The zero-order valence-corrected chi connectivity index (χ0v) is 13.8. The van der Waals surface area contributed by atoms with Crippen molar-refractivity contribution in [3.05, 3.63) is 29.3 Å². The van der Waals surface area contributed by atoms with Crippen LogP contribution in [0.1, 0.15) is 30.4 Å². The number of carbonyl (C=O) groups is 2. The molecular weight excluding hydrogens is 306 g/mol. The molecule has 0 bridgehead atoms. The summed E-state index contributed by atoms with van der Waals surface area (Å²) in [5.74, 6) is -0.206. The average Bonchev–Trinajstić information content (AvgIpc) is 2.96. The van der Waals surface area contributed by atoms with Crippen molar-refractivity contribution in [3.8, 4) is 6.07 Å². The van der Waals surface area contributed by atoms with Gasteiger partial charge in [0.2, 0.25) is 5.91 Å². The maximum Gasteiger partial charge on any atom is 0.252 e. The fourth-order valence-electron chi connectivity index (χ4n) is 3.49. The van der Waals surface area contributed by atoms with E-state index in [2.05, 4.69) is 6.07 Å². The minimum atomic E-state index is -0.448. The molecule has 6 heteroatoms. The number of benzene rings is 1. The summed E-state index contributed by atoms with van der Waals surface area (Å²) in [6.45, 7) is 1.21. The molecule has 1 saturated heterocycles. The van der Waals surface area contributed by atoms with E-state index in [0.717, 1.165) is 24.1 Å². The third-order valence-corrected chi connectivity index (χ3v) is 4.79. The number of nitriles is 1. The lowest BCUT2D eigenvalue weighted by atomic mass is 10.1. The summed E-state index contributed by atoms with van der Waals surface area (Å²) in [5, 5.41) is 9.19. The quantitative estimate of drug-likeness (QED) is 0.843. The van der Waals surface area contributed by atoms with Gasteiger partial charge in [-0.2, -0.15) is 5.26 Å². The van der Waals surface area contributed by atoms with E-state index in [-0.39, 0.29) is 18.4 Å². The Balaban J connectivity index is 1.75. The van der Waals surface area contributed by atoms with Crippen molar-refractivity contribution in [2.45, 2.75) is 31.8 Å². The monoisotopic (exact) mass is 327 g/mol. The molecule has 0 spiro atoms. The normalized spacial score (nSPS) is 20.5. The van der Waals surface area contributed by atoms with Crippen LogP contribution in [0.3, 0.4) is 0 Å². The van der Waals surface area contributed by atoms with E-state index >= 15 is 0 Å². The average molecular weight is 327 g/mol. The Bertz CT molecular complexity index is 695. The van der Waals surface area contributed by atoms with Crippen molar-refractivity contribution in [2.24, 2.45) is 0 Å². The second kappa shape index (κ2) is 7.02. The molecule has 1 fully saturated rings. The molecule has 1 atom stereocenters. The highest BCUT2D eigenvalue weighted by Crippen LogP contribution is 2.30. The van der Waals surface area contributed by atoms with Crippen LogP contribution in [0.5, 0.6) is 0 Å². The first-order chi connectivity index (χ1) is 11.7. The number of carbonyl (C=O) groups excluding carboxylic acids is 2. The number of hydrogen-bond acceptors (Lipinski definition) is 4. The first-order valence-corrected chi connectivity index (χ1v) is 8.29. The molecule has 2 aliphatic heterocycles. The maximum atomic E-state index is 12.7. The highest BCUT2D eigenvalue weighted by Gasteiger charge is 2.32. The summed E-state index contributed by atoms with van der Waals surface area (Å²) in [6.07, 6.45) is 2.75. The number of nitrogens with zero attached hydrogens (tertiary/aromatic N) is 3. The van der Waals surface area contributed by atoms with Gasteiger partial charge in [-0.15, -0.1) is 0 Å². The summed E-state index contributed by atoms with van der Waals surface area (Å²) in [6, 6.07) is 7.61. The van der Waals surface area contributed by atoms with E-state index in [0.29, 0.717) is 31.5 Å². The number of hydrogen-bond donors (Lipinski definition) is 0. The van der Waals surface area contributed by atoms with Crippen LogP contribution in [-0.4, -0.2) is 49.6 Å². The summed E-state index contributed by atoms with van der Waals surface area (Å²) >= 11 is 0. The minimum Gasteiger partial charge on any atom is -0.372 e. The van der Waals surface area contributed by atoms with Gasteiger partial charge < -0.3 is 14.5 Å². The first-order valence-electron chi connectivity index (χ1n) is 8.29. The molecule has 1 unspecified atom stereocenters. The van der Waals surface area contributed by atoms with Gasteiger partial charge in [0.15, 0.2) is 0 Å². The Morgan fingerprint density at radius 3 is 2.96 bits per heavy atom. The molecule has 0 aliphatic carbocycles. The fourth-order valence-corrected chi connectivity index (χ4v) is 3.49. The Kier molecular flexibility index (Phi) is 4.81. The standard InChI is InChI=1S/C18H21N3O3/c1-24-16-7-2-3-9-20(18(16)23)12-17(22)21-10-8-14-13(11-19)5-4-6-15(14)21/h4-6,16H,2-3,7-10,12H2,1H3. The third-order valence-electron chi connectivity index (χ3n) is 4.79. The van der Waals surface area contributed by atoms with Gasteiger partial charge in [0, 0.05) is 25.9 Å². The van der Waals surface area contributed by atoms with Crippen molar-refractivity contribution in [3.63, 3.8) is 0 Å². The molecule has 1 aromatic rings. The number of amides is 2. The van der Waals surface area contributed by atoms with Crippen LogP contribution < -0.4 is 4.90 Å². The molecule has 0 saturated carbocycles. The summed E-state index contributed by atoms with van der Waals surface area (Å²) in [7, 11) is 1.54. The van der Waals surface area contributed by atoms with Gasteiger partial charge in [-0.3, -0.25) is 9.59 Å². The van der Waals surface area contributed by atoms with Crippen molar-refractivity contribution in [2.75, 3.05) is 31.6 Å². The van der Waals surface area contributed by atoms with Crippen LogP contribution in [-0.2, 0) is 20.7 Å². The van der Waals surface area contributed by atoms with Gasteiger partial charge in [-0.25, -0.2) is 0 Å². The molecule has 0 radical (unpaired) electrons. The van der Waals surface area contributed by atoms with Crippen LogP contribution in [0.15, 0.2) is 18.2 Å². The van der Waals surface area contributed by atoms with E-state index in [1.807, 2.05) is 6.07 Å². The summed E-state index contributed by atoms with van der Waals surface area (Å²) < 4.78 is 5.26. The molecule has 2 aliphatic rings. The molecule has 2 heterocycles. The molecule has 24 heavy (non-hydrogen) atoms. The zero-order valence-electron chi connectivity index (χ0n) is 13.8. The van der Waals surface area contributed by atoms with Gasteiger partial charge in [0.1, 0.15) is 12.6 Å². The highest BCUT2D eigenvalue weighted by molar-refractivity contribution is 5.99. The summed E-state index contributed by atoms with van der Waals surface area (Å²) in [5.41, 5.74) is 2.34. The SMILES string of the molecule is COC1CCCCN(CC(=O)N2CCc3c(C#N)cccc32)C1=O. The lowest BCUT2D eigenvalue weighted by molar-refractivity contribution is -0.143. The number of ether oxygens (including phenoxy) is 1. The largest absolute Gasteiger partial charge is 0.372 e. The molecule has 1 aromatic carbocycles. The number of fused-ring (bicyclic) bond motifs is 1. The lowest BCUT2D eigenvalue weighted by Crippen LogP contribution is -2.45. The van der Waals surface area contributed by atoms with Crippen molar-refractivity contribution in [1.29, 1.82) is 5.26 Å². The van der Waals surface area contributed by atoms with E-state index in [9.17, 15) is 14.9 Å². The maximum absolute atomic E-state index is 12.7. The van der Waals surface area contributed by atoms with E-state index in [4.69, 9.17) is 4.74 Å². The number of rotatable bonds is 3. The van der Waals surface area contributed by atoms with E-state index < -0.39 is 6.10 Å². The second-order valence-electron chi connectivity index (χ2n) is 6.19. The first kappa shape index (κ1) is 16.5. The van der Waals surface area contributed by atoms with Gasteiger partial charge in [0.25, 0.3) is 5.91 Å². The van der Waals surface area contributed by atoms with E-state index in [1.165, 1.54) is 7.11 Å². The number of likely N-dealkylation sites (tertiary alicyclic amines) is 1.